The number of hydrogen-bond acceptors (Lipinski definition) is 4. The third-order valence-corrected chi connectivity index (χ3v) is 3.51. The molecule has 5 nitrogen and oxygen atoms in total. The summed E-state index contributed by atoms with van der Waals surface area (Å²) in [7, 11) is 0. The first-order valence-electron chi connectivity index (χ1n) is 6.13. The number of ether oxygens (including phenoxy) is 1. The van der Waals surface area contributed by atoms with Crippen molar-refractivity contribution in [3.05, 3.63) is 35.9 Å². The van der Waals surface area contributed by atoms with Crippen LogP contribution in [0.25, 0.3) is 0 Å². The summed E-state index contributed by atoms with van der Waals surface area (Å²) in [5.41, 5.74) is -0.204. The van der Waals surface area contributed by atoms with Crippen molar-refractivity contribution in [2.24, 2.45) is 0 Å². The smallest absolute Gasteiger partial charge is 0.338 e. The number of hydrogen-bond donors (Lipinski definition) is 1. The van der Waals surface area contributed by atoms with E-state index in [9.17, 15) is 14.1 Å². The van der Waals surface area contributed by atoms with Crippen molar-refractivity contribution in [1.82, 2.24) is 5.32 Å². The summed E-state index contributed by atoms with van der Waals surface area (Å²) in [5.74, 6) is -0.617. The molecule has 0 aliphatic rings. The van der Waals surface area contributed by atoms with Gasteiger partial charge in [0, 0.05) is 0 Å². The third-order valence-electron chi connectivity index (χ3n) is 2.39. The lowest BCUT2D eigenvalue weighted by Gasteiger charge is -2.25. The molecule has 0 heterocycles. The van der Waals surface area contributed by atoms with Crippen molar-refractivity contribution in [2.75, 3.05) is 18.6 Å². The van der Waals surface area contributed by atoms with Gasteiger partial charge in [-0.1, -0.05) is 29.4 Å². The Bertz CT molecular complexity index is 460. The van der Waals surface area contributed by atoms with Gasteiger partial charge in [0.05, 0.1) is 17.4 Å². The zero-order valence-electron chi connectivity index (χ0n) is 11.8. The molecule has 0 aromatic heterocycles. The molecular formula is C14H19NO4S. The first-order chi connectivity index (χ1) is 9.30. The van der Waals surface area contributed by atoms with Gasteiger partial charge in [0.2, 0.25) is 0 Å². The highest BCUT2D eigenvalue weighted by Crippen LogP contribution is 2.06. The van der Waals surface area contributed by atoms with E-state index in [1.165, 1.54) is 0 Å². The normalized spacial score (nSPS) is 12.6. The van der Waals surface area contributed by atoms with Crippen LogP contribution in [0.5, 0.6) is 0 Å². The summed E-state index contributed by atoms with van der Waals surface area (Å²) in [5, 5.41) is 2.69. The molecule has 6 heteroatoms. The van der Waals surface area contributed by atoms with Crippen LogP contribution in [0.1, 0.15) is 24.2 Å². The average Bonchev–Trinajstić information content (AvgIpc) is 2.34. The molecule has 1 rings (SSSR count). The molecule has 0 radical (unpaired) electrons. The first-order valence-corrected chi connectivity index (χ1v) is 7.86. The third kappa shape index (κ3) is 6.08. The summed E-state index contributed by atoms with van der Waals surface area (Å²) in [6, 6.07) is 8.46. The molecule has 0 spiro atoms. The van der Waals surface area contributed by atoms with Gasteiger partial charge >= 0.3 is 5.97 Å². The van der Waals surface area contributed by atoms with Crippen LogP contribution in [0.15, 0.2) is 30.3 Å². The molecular weight excluding hydrogens is 278 g/mol. The summed E-state index contributed by atoms with van der Waals surface area (Å²) < 4.78 is 16.1. The zero-order chi connectivity index (χ0) is 15.2. The topological polar surface area (TPSA) is 78.5 Å². The number of rotatable bonds is 6. The second-order valence-electron chi connectivity index (χ2n) is 5.09. The van der Waals surface area contributed by atoms with E-state index in [1.54, 1.807) is 50.4 Å². The number of benzene rings is 1. The Morgan fingerprint density at radius 1 is 1.30 bits per heavy atom. The Morgan fingerprint density at radius 2 is 1.90 bits per heavy atom. The molecule has 20 heavy (non-hydrogen) atoms. The number of esters is 1. The van der Waals surface area contributed by atoms with Crippen molar-refractivity contribution in [3.63, 3.8) is 0 Å². The highest BCUT2D eigenvalue weighted by Gasteiger charge is 2.25. The average molecular weight is 297 g/mol. The fourth-order valence-corrected chi connectivity index (χ4v) is 2.83. The van der Waals surface area contributed by atoms with Gasteiger partial charge in [-0.15, -0.1) is 0 Å². The van der Waals surface area contributed by atoms with Gasteiger partial charge in [0.25, 0.3) is 5.91 Å². The maximum absolute atomic E-state index is 11.7. The Labute approximate surface area is 121 Å². The van der Waals surface area contributed by atoms with Crippen molar-refractivity contribution in [1.29, 1.82) is 0 Å². The fraction of sp³-hybridized carbons (Fsp3) is 0.429. The molecule has 1 aromatic rings. The molecule has 1 N–H and O–H groups in total. The molecule has 0 saturated heterocycles. The van der Waals surface area contributed by atoms with Crippen LogP contribution in [0.3, 0.4) is 0 Å². The van der Waals surface area contributed by atoms with E-state index in [0.29, 0.717) is 11.3 Å². The van der Waals surface area contributed by atoms with Crippen molar-refractivity contribution >= 4 is 23.1 Å². The summed E-state index contributed by atoms with van der Waals surface area (Å²) in [6.45, 7) is 3.18. The minimum Gasteiger partial charge on any atom is -0.616 e. The lowest BCUT2D eigenvalue weighted by molar-refractivity contribution is -0.125. The number of carbonyl (C=O) groups excluding carboxylic acids is 2. The highest BCUT2D eigenvalue weighted by molar-refractivity contribution is 7.90. The standard InChI is InChI=1S/C14H19NO4S/c1-14(2,10-20(3)18)15-12(16)9-19-13(17)11-7-5-4-6-8-11/h4-8H,9-10H2,1-3H3,(H,15,16). The van der Waals surface area contributed by atoms with Crippen LogP contribution < -0.4 is 5.32 Å². The van der Waals surface area contributed by atoms with E-state index in [1.807, 2.05) is 0 Å². The molecule has 1 atom stereocenters. The lowest BCUT2D eigenvalue weighted by Crippen LogP contribution is -2.49. The second kappa shape index (κ2) is 7.31. The Kier molecular flexibility index (Phi) is 6.04. The molecule has 0 aliphatic carbocycles. The van der Waals surface area contributed by atoms with Crippen molar-refractivity contribution in [3.8, 4) is 0 Å². The van der Waals surface area contributed by atoms with Crippen LogP contribution >= 0.6 is 0 Å². The van der Waals surface area contributed by atoms with Gasteiger partial charge in [0.15, 0.2) is 6.61 Å². The summed E-state index contributed by atoms with van der Waals surface area (Å²) >= 11 is -1.02. The van der Waals surface area contributed by atoms with Crippen molar-refractivity contribution in [2.45, 2.75) is 19.4 Å². The Balaban J connectivity index is 2.42. The minimum atomic E-state index is -1.02. The molecule has 1 amide bonds. The van der Waals surface area contributed by atoms with E-state index in [4.69, 9.17) is 4.74 Å². The predicted molar refractivity (Wildman–Crippen MR) is 77.9 cm³/mol. The fourth-order valence-electron chi connectivity index (χ4n) is 1.75. The molecule has 0 fully saturated rings. The van der Waals surface area contributed by atoms with Crippen LogP contribution in [0.4, 0.5) is 0 Å². The second-order valence-corrected chi connectivity index (χ2v) is 6.53. The molecule has 0 bridgehead atoms. The largest absolute Gasteiger partial charge is 0.616 e. The van der Waals surface area contributed by atoms with Gasteiger partial charge in [-0.05, 0) is 26.0 Å². The Morgan fingerprint density at radius 3 is 2.45 bits per heavy atom. The van der Waals surface area contributed by atoms with Gasteiger partial charge in [-0.3, -0.25) is 4.79 Å². The highest BCUT2D eigenvalue weighted by atomic mass is 32.2. The maximum atomic E-state index is 11.7. The van der Waals surface area contributed by atoms with Gasteiger partial charge in [0.1, 0.15) is 5.75 Å². The van der Waals surface area contributed by atoms with E-state index in [2.05, 4.69) is 5.32 Å². The number of nitrogens with one attached hydrogen (secondary N) is 1. The van der Waals surface area contributed by atoms with E-state index in [-0.39, 0.29) is 6.61 Å². The molecule has 110 valence electrons. The molecule has 0 aliphatic heterocycles. The Hall–Kier alpha value is -1.53. The van der Waals surface area contributed by atoms with Gasteiger partial charge in [-0.2, -0.15) is 0 Å². The number of amides is 1. The van der Waals surface area contributed by atoms with E-state index < -0.39 is 28.6 Å². The van der Waals surface area contributed by atoms with Crippen LogP contribution in [0.2, 0.25) is 0 Å². The monoisotopic (exact) mass is 297 g/mol. The van der Waals surface area contributed by atoms with E-state index in [0.717, 1.165) is 0 Å². The first kappa shape index (κ1) is 16.5. The predicted octanol–water partition coefficient (Wildman–Crippen LogP) is 1.12. The minimum absolute atomic E-state index is 0.339. The molecule has 1 aromatic carbocycles. The summed E-state index contributed by atoms with van der Waals surface area (Å²) in [6.07, 6.45) is 1.57. The molecule has 1 unspecified atom stereocenters. The van der Waals surface area contributed by atoms with Crippen LogP contribution in [-0.4, -0.2) is 40.6 Å². The lowest BCUT2D eigenvalue weighted by atomic mass is 10.1. The zero-order valence-corrected chi connectivity index (χ0v) is 12.7. The van der Waals surface area contributed by atoms with Gasteiger partial charge in [-0.25, -0.2) is 4.79 Å². The van der Waals surface area contributed by atoms with Crippen LogP contribution in [0, 0.1) is 0 Å². The summed E-state index contributed by atoms with van der Waals surface area (Å²) in [4.78, 5) is 23.3. The SMILES string of the molecule is C[S+]([O-])CC(C)(C)NC(=O)COC(=O)c1ccccc1. The van der Waals surface area contributed by atoms with Crippen LogP contribution in [-0.2, 0) is 20.7 Å². The maximum Gasteiger partial charge on any atom is 0.338 e. The number of carbonyl (C=O) groups is 2. The van der Waals surface area contributed by atoms with Crippen molar-refractivity contribution < 1.29 is 18.9 Å². The van der Waals surface area contributed by atoms with Gasteiger partial charge < -0.3 is 14.6 Å². The molecule has 0 saturated carbocycles. The van der Waals surface area contributed by atoms with E-state index >= 15 is 0 Å². The quantitative estimate of drug-likeness (QED) is 0.630.